The first-order valence-corrected chi connectivity index (χ1v) is 6.47. The molecule has 96 valence electrons. The Bertz CT molecular complexity index is 541. The number of aromatic nitrogens is 2. The molecular weight excluding hydrogens is 226 g/mol. The third-order valence-electron chi connectivity index (χ3n) is 3.85. The van der Waals surface area contributed by atoms with E-state index in [9.17, 15) is 0 Å². The van der Waals surface area contributed by atoms with Crippen LogP contribution < -0.4 is 4.90 Å². The number of ether oxygens (including phenoxy) is 1. The number of nitrogens with zero attached hydrogens (tertiary/aromatic N) is 3. The first kappa shape index (κ1) is 11.5. The molecule has 3 rings (SSSR count). The molecule has 0 aliphatic carbocycles. The number of anilines is 1. The Morgan fingerprint density at radius 2 is 2.06 bits per heavy atom. The molecular formula is C14H19N3O. The van der Waals surface area contributed by atoms with Crippen LogP contribution in [0.25, 0.3) is 11.0 Å². The van der Waals surface area contributed by atoms with Crippen LogP contribution in [0.1, 0.15) is 12.8 Å². The smallest absolute Gasteiger partial charge is 0.112 e. The zero-order chi connectivity index (χ0) is 12.5. The molecule has 0 N–H and O–H groups in total. The van der Waals surface area contributed by atoms with Gasteiger partial charge in [0.1, 0.15) is 5.52 Å². The van der Waals surface area contributed by atoms with E-state index in [0.717, 1.165) is 31.4 Å². The van der Waals surface area contributed by atoms with Gasteiger partial charge in [0.05, 0.1) is 23.6 Å². The average Bonchev–Trinajstić information content (AvgIpc) is 2.81. The standard InChI is InChI=1S/C14H19N3O/c1-16-10-15-14-12(16)4-3-5-13(14)17-8-6-11(18-2)7-9-17/h3-5,10-11H,6-9H2,1-2H3. The minimum absolute atomic E-state index is 0.421. The molecule has 2 aromatic rings. The lowest BCUT2D eigenvalue weighted by atomic mass is 10.1. The van der Waals surface area contributed by atoms with Gasteiger partial charge in [-0.1, -0.05) is 6.07 Å². The van der Waals surface area contributed by atoms with E-state index >= 15 is 0 Å². The molecule has 4 heteroatoms. The first-order valence-electron chi connectivity index (χ1n) is 6.47. The predicted octanol–water partition coefficient (Wildman–Crippen LogP) is 2.19. The Balaban J connectivity index is 1.91. The fourth-order valence-corrected chi connectivity index (χ4v) is 2.73. The number of imidazole rings is 1. The molecule has 1 aromatic heterocycles. The van der Waals surface area contributed by atoms with Gasteiger partial charge in [-0.05, 0) is 25.0 Å². The number of aryl methyl sites for hydroxylation is 1. The summed E-state index contributed by atoms with van der Waals surface area (Å²) in [6, 6.07) is 6.40. The summed E-state index contributed by atoms with van der Waals surface area (Å²) in [5.41, 5.74) is 3.56. The molecule has 0 unspecified atom stereocenters. The first-order chi connectivity index (χ1) is 8.79. The maximum atomic E-state index is 5.42. The number of rotatable bonds is 2. The van der Waals surface area contributed by atoms with Crippen molar-refractivity contribution in [3.05, 3.63) is 24.5 Å². The molecule has 1 aliphatic heterocycles. The summed E-state index contributed by atoms with van der Waals surface area (Å²) in [6.45, 7) is 2.10. The fourth-order valence-electron chi connectivity index (χ4n) is 2.73. The lowest BCUT2D eigenvalue weighted by Crippen LogP contribution is -2.36. The average molecular weight is 245 g/mol. The molecule has 2 heterocycles. The highest BCUT2D eigenvalue weighted by molar-refractivity contribution is 5.89. The van der Waals surface area contributed by atoms with Crippen molar-refractivity contribution in [3.8, 4) is 0 Å². The van der Waals surface area contributed by atoms with Crippen LogP contribution in [0.15, 0.2) is 24.5 Å². The van der Waals surface area contributed by atoms with Crippen LogP contribution >= 0.6 is 0 Å². The summed E-state index contributed by atoms with van der Waals surface area (Å²) in [5.74, 6) is 0. The Morgan fingerprint density at radius 3 is 2.78 bits per heavy atom. The molecule has 1 saturated heterocycles. The number of hydrogen-bond acceptors (Lipinski definition) is 3. The highest BCUT2D eigenvalue weighted by Gasteiger charge is 2.20. The lowest BCUT2D eigenvalue weighted by Gasteiger charge is -2.33. The third-order valence-corrected chi connectivity index (χ3v) is 3.85. The van der Waals surface area contributed by atoms with E-state index in [-0.39, 0.29) is 0 Å². The van der Waals surface area contributed by atoms with Gasteiger partial charge in [0.25, 0.3) is 0 Å². The lowest BCUT2D eigenvalue weighted by molar-refractivity contribution is 0.0819. The number of hydrogen-bond donors (Lipinski definition) is 0. The van der Waals surface area contributed by atoms with E-state index in [1.807, 2.05) is 13.4 Å². The third kappa shape index (κ3) is 1.86. The normalized spacial score (nSPS) is 17.6. The highest BCUT2D eigenvalue weighted by Crippen LogP contribution is 2.28. The number of para-hydroxylation sites is 1. The van der Waals surface area contributed by atoms with Crippen LogP contribution in [0, 0.1) is 0 Å². The van der Waals surface area contributed by atoms with E-state index in [2.05, 4.69) is 32.7 Å². The molecule has 1 fully saturated rings. The van der Waals surface area contributed by atoms with Gasteiger partial charge in [0.15, 0.2) is 0 Å². The van der Waals surface area contributed by atoms with Crippen molar-refractivity contribution in [3.63, 3.8) is 0 Å². The molecule has 1 aliphatic rings. The summed E-state index contributed by atoms with van der Waals surface area (Å²) in [4.78, 5) is 6.94. The van der Waals surface area contributed by atoms with Crippen LogP contribution in [0.4, 0.5) is 5.69 Å². The second-order valence-corrected chi connectivity index (χ2v) is 4.92. The van der Waals surface area contributed by atoms with Gasteiger partial charge < -0.3 is 14.2 Å². The van der Waals surface area contributed by atoms with Gasteiger partial charge in [-0.15, -0.1) is 0 Å². The number of benzene rings is 1. The molecule has 18 heavy (non-hydrogen) atoms. The van der Waals surface area contributed by atoms with Crippen LogP contribution in [-0.4, -0.2) is 35.9 Å². The highest BCUT2D eigenvalue weighted by atomic mass is 16.5. The van der Waals surface area contributed by atoms with Crippen LogP contribution in [0.3, 0.4) is 0 Å². The van der Waals surface area contributed by atoms with E-state index in [0.29, 0.717) is 6.10 Å². The van der Waals surface area contributed by atoms with Crippen molar-refractivity contribution < 1.29 is 4.74 Å². The second kappa shape index (κ2) is 4.61. The maximum absolute atomic E-state index is 5.42. The Morgan fingerprint density at radius 1 is 1.28 bits per heavy atom. The van der Waals surface area contributed by atoms with Crippen molar-refractivity contribution in [1.29, 1.82) is 0 Å². The van der Waals surface area contributed by atoms with Gasteiger partial charge in [-0.25, -0.2) is 4.98 Å². The van der Waals surface area contributed by atoms with Crippen LogP contribution in [-0.2, 0) is 11.8 Å². The minimum atomic E-state index is 0.421. The van der Waals surface area contributed by atoms with Crippen LogP contribution in [0.2, 0.25) is 0 Å². The topological polar surface area (TPSA) is 30.3 Å². The van der Waals surface area contributed by atoms with E-state index in [1.165, 1.54) is 11.2 Å². The monoisotopic (exact) mass is 245 g/mol. The zero-order valence-corrected chi connectivity index (χ0v) is 11.0. The van der Waals surface area contributed by atoms with E-state index in [1.54, 1.807) is 7.11 Å². The largest absolute Gasteiger partial charge is 0.381 e. The summed E-state index contributed by atoms with van der Waals surface area (Å²) in [7, 11) is 3.84. The molecule has 0 saturated carbocycles. The molecule has 0 radical (unpaired) electrons. The molecule has 0 amide bonds. The van der Waals surface area contributed by atoms with Gasteiger partial charge in [-0.2, -0.15) is 0 Å². The number of piperidine rings is 1. The molecule has 0 bridgehead atoms. The SMILES string of the molecule is COC1CCN(c2cccc3c2ncn3C)CC1. The number of methoxy groups -OCH3 is 1. The van der Waals surface area contributed by atoms with Crippen molar-refractivity contribution in [1.82, 2.24) is 9.55 Å². The Hall–Kier alpha value is -1.55. The quantitative estimate of drug-likeness (QED) is 0.812. The van der Waals surface area contributed by atoms with Gasteiger partial charge in [-0.3, -0.25) is 0 Å². The Labute approximate surface area is 107 Å². The molecule has 4 nitrogen and oxygen atoms in total. The summed E-state index contributed by atoms with van der Waals surface area (Å²) in [6.07, 6.45) is 4.50. The summed E-state index contributed by atoms with van der Waals surface area (Å²) in [5, 5.41) is 0. The van der Waals surface area contributed by atoms with Crippen molar-refractivity contribution in [2.24, 2.45) is 7.05 Å². The van der Waals surface area contributed by atoms with Crippen LogP contribution in [0.5, 0.6) is 0 Å². The predicted molar refractivity (Wildman–Crippen MR) is 73.0 cm³/mol. The Kier molecular flexibility index (Phi) is 2.96. The zero-order valence-electron chi connectivity index (χ0n) is 11.0. The van der Waals surface area contributed by atoms with E-state index < -0.39 is 0 Å². The van der Waals surface area contributed by atoms with Gasteiger partial charge in [0, 0.05) is 27.2 Å². The van der Waals surface area contributed by atoms with Crippen molar-refractivity contribution in [2.45, 2.75) is 18.9 Å². The molecule has 0 atom stereocenters. The van der Waals surface area contributed by atoms with Crippen molar-refractivity contribution >= 4 is 16.7 Å². The number of fused-ring (bicyclic) bond motifs is 1. The van der Waals surface area contributed by atoms with E-state index in [4.69, 9.17) is 4.74 Å². The van der Waals surface area contributed by atoms with Gasteiger partial charge >= 0.3 is 0 Å². The van der Waals surface area contributed by atoms with Crippen molar-refractivity contribution in [2.75, 3.05) is 25.1 Å². The summed E-state index contributed by atoms with van der Waals surface area (Å²) >= 11 is 0. The van der Waals surface area contributed by atoms with Gasteiger partial charge in [0.2, 0.25) is 0 Å². The molecule has 0 spiro atoms. The fraction of sp³-hybridized carbons (Fsp3) is 0.500. The second-order valence-electron chi connectivity index (χ2n) is 4.92. The summed E-state index contributed by atoms with van der Waals surface area (Å²) < 4.78 is 7.49. The minimum Gasteiger partial charge on any atom is -0.381 e. The molecule has 1 aromatic carbocycles. The maximum Gasteiger partial charge on any atom is 0.112 e.